The van der Waals surface area contributed by atoms with E-state index in [9.17, 15) is 9.18 Å². The summed E-state index contributed by atoms with van der Waals surface area (Å²) in [6.45, 7) is 3.93. The van der Waals surface area contributed by atoms with Crippen LogP contribution in [0.25, 0.3) is 0 Å². The zero-order valence-corrected chi connectivity index (χ0v) is 11.8. The van der Waals surface area contributed by atoms with E-state index >= 15 is 0 Å². The van der Waals surface area contributed by atoms with Crippen LogP contribution in [0.3, 0.4) is 0 Å². The summed E-state index contributed by atoms with van der Waals surface area (Å²) in [5.74, 6) is -0.906. The van der Waals surface area contributed by atoms with E-state index in [1.54, 1.807) is 7.05 Å². The molecule has 0 unspecified atom stereocenters. The number of nitrogen functional groups attached to an aromatic ring is 1. The van der Waals surface area contributed by atoms with Crippen molar-refractivity contribution >= 4 is 17.3 Å². The van der Waals surface area contributed by atoms with Gasteiger partial charge in [0.1, 0.15) is 5.82 Å². The molecule has 0 radical (unpaired) electrons. The summed E-state index contributed by atoms with van der Waals surface area (Å²) in [6, 6.07) is 10.1. The van der Waals surface area contributed by atoms with E-state index in [0.29, 0.717) is 0 Å². The third-order valence-corrected chi connectivity index (χ3v) is 3.18. The molecule has 4 heteroatoms. The van der Waals surface area contributed by atoms with Crippen LogP contribution in [0.2, 0.25) is 0 Å². The van der Waals surface area contributed by atoms with Gasteiger partial charge in [-0.1, -0.05) is 12.1 Å². The molecule has 104 valence electrons. The molecule has 0 atom stereocenters. The fraction of sp³-hybridized carbons (Fsp3) is 0.188. The molecule has 0 saturated heterocycles. The summed E-state index contributed by atoms with van der Waals surface area (Å²) >= 11 is 0. The van der Waals surface area contributed by atoms with Crippen LogP contribution >= 0.6 is 0 Å². The van der Waals surface area contributed by atoms with Crippen LogP contribution in [0.5, 0.6) is 0 Å². The van der Waals surface area contributed by atoms with Crippen molar-refractivity contribution in [1.29, 1.82) is 0 Å². The Morgan fingerprint density at radius 3 is 2.35 bits per heavy atom. The molecule has 2 N–H and O–H groups in total. The van der Waals surface area contributed by atoms with Crippen LogP contribution < -0.4 is 10.6 Å². The van der Waals surface area contributed by atoms with Crippen molar-refractivity contribution in [3.63, 3.8) is 0 Å². The summed E-state index contributed by atoms with van der Waals surface area (Å²) < 4.78 is 13.4. The van der Waals surface area contributed by atoms with Crippen molar-refractivity contribution in [1.82, 2.24) is 0 Å². The van der Waals surface area contributed by atoms with Gasteiger partial charge in [0.05, 0.1) is 11.3 Å². The summed E-state index contributed by atoms with van der Waals surface area (Å²) in [4.78, 5) is 13.9. The number of carbonyl (C=O) groups is 1. The number of hydrogen-bond donors (Lipinski definition) is 1. The number of halogens is 1. The summed E-state index contributed by atoms with van der Waals surface area (Å²) in [6.07, 6.45) is 0. The standard InChI is InChI=1S/C16H17FN2O/c1-10-7-11(2)9-12(8-10)19(3)16(20)13-5-4-6-14(17)15(13)18/h4-9H,18H2,1-3H3. The molecule has 0 saturated carbocycles. The van der Waals surface area contributed by atoms with Gasteiger partial charge in [0.25, 0.3) is 5.91 Å². The maximum absolute atomic E-state index is 13.4. The summed E-state index contributed by atoms with van der Waals surface area (Å²) in [7, 11) is 1.65. The number of para-hydroxylation sites is 1. The predicted octanol–water partition coefficient (Wildman–Crippen LogP) is 3.30. The molecule has 0 aromatic heterocycles. The van der Waals surface area contributed by atoms with E-state index in [0.717, 1.165) is 16.8 Å². The smallest absolute Gasteiger partial charge is 0.260 e. The molecule has 0 aliphatic heterocycles. The Morgan fingerprint density at radius 2 is 1.75 bits per heavy atom. The molecular formula is C16H17FN2O. The number of hydrogen-bond acceptors (Lipinski definition) is 2. The number of aryl methyl sites for hydroxylation is 2. The molecule has 0 fully saturated rings. The molecule has 2 aromatic carbocycles. The van der Waals surface area contributed by atoms with Gasteiger partial charge in [0.2, 0.25) is 0 Å². The molecule has 2 aromatic rings. The zero-order chi connectivity index (χ0) is 14.9. The van der Waals surface area contributed by atoms with Crippen molar-refractivity contribution in [2.24, 2.45) is 0 Å². The highest BCUT2D eigenvalue weighted by Crippen LogP contribution is 2.22. The lowest BCUT2D eigenvalue weighted by molar-refractivity contribution is 0.0993. The SMILES string of the molecule is Cc1cc(C)cc(N(C)C(=O)c2cccc(F)c2N)c1. The van der Waals surface area contributed by atoms with Crippen LogP contribution in [0.4, 0.5) is 15.8 Å². The van der Waals surface area contributed by atoms with Gasteiger partial charge in [-0.3, -0.25) is 4.79 Å². The van der Waals surface area contributed by atoms with Crippen LogP contribution in [0, 0.1) is 19.7 Å². The Labute approximate surface area is 117 Å². The van der Waals surface area contributed by atoms with Gasteiger partial charge in [-0.05, 0) is 49.2 Å². The number of benzene rings is 2. The monoisotopic (exact) mass is 272 g/mol. The summed E-state index contributed by atoms with van der Waals surface area (Å²) in [5, 5.41) is 0. The van der Waals surface area contributed by atoms with Crippen molar-refractivity contribution < 1.29 is 9.18 Å². The van der Waals surface area contributed by atoms with E-state index in [1.165, 1.54) is 23.1 Å². The predicted molar refractivity (Wildman–Crippen MR) is 79.5 cm³/mol. The Hall–Kier alpha value is -2.36. The second-order valence-corrected chi connectivity index (χ2v) is 4.91. The second-order valence-electron chi connectivity index (χ2n) is 4.91. The van der Waals surface area contributed by atoms with E-state index < -0.39 is 5.82 Å². The van der Waals surface area contributed by atoms with Gasteiger partial charge in [-0.25, -0.2) is 4.39 Å². The Balaban J connectivity index is 2.40. The molecule has 20 heavy (non-hydrogen) atoms. The molecule has 1 amide bonds. The highest BCUT2D eigenvalue weighted by molar-refractivity contribution is 6.09. The maximum Gasteiger partial charge on any atom is 0.260 e. The van der Waals surface area contributed by atoms with Crippen molar-refractivity contribution in [3.8, 4) is 0 Å². The van der Waals surface area contributed by atoms with Crippen LogP contribution in [-0.4, -0.2) is 13.0 Å². The fourth-order valence-electron chi connectivity index (χ4n) is 2.17. The van der Waals surface area contributed by atoms with Gasteiger partial charge in [0.15, 0.2) is 0 Å². The Bertz CT molecular complexity index is 647. The van der Waals surface area contributed by atoms with Gasteiger partial charge in [0, 0.05) is 12.7 Å². The van der Waals surface area contributed by atoms with Gasteiger partial charge >= 0.3 is 0 Å². The second kappa shape index (κ2) is 5.33. The number of nitrogens with two attached hydrogens (primary N) is 1. The lowest BCUT2D eigenvalue weighted by atomic mass is 10.1. The quantitative estimate of drug-likeness (QED) is 0.853. The van der Waals surface area contributed by atoms with Crippen LogP contribution in [-0.2, 0) is 0 Å². The minimum atomic E-state index is -0.579. The zero-order valence-electron chi connectivity index (χ0n) is 11.8. The third kappa shape index (κ3) is 2.64. The van der Waals surface area contributed by atoms with E-state index in [4.69, 9.17) is 5.73 Å². The molecule has 0 bridgehead atoms. The largest absolute Gasteiger partial charge is 0.396 e. The maximum atomic E-state index is 13.4. The first-order chi connectivity index (χ1) is 9.40. The van der Waals surface area contributed by atoms with Crippen LogP contribution in [0.15, 0.2) is 36.4 Å². The number of anilines is 2. The molecule has 0 aliphatic carbocycles. The molecule has 3 nitrogen and oxygen atoms in total. The minimum Gasteiger partial charge on any atom is -0.396 e. The molecular weight excluding hydrogens is 255 g/mol. The first-order valence-electron chi connectivity index (χ1n) is 6.30. The van der Waals surface area contributed by atoms with E-state index in [2.05, 4.69) is 0 Å². The average molecular weight is 272 g/mol. The number of nitrogens with zero attached hydrogens (tertiary/aromatic N) is 1. The minimum absolute atomic E-state index is 0.117. The lowest BCUT2D eigenvalue weighted by Crippen LogP contribution is -2.27. The third-order valence-electron chi connectivity index (χ3n) is 3.18. The number of amides is 1. The first-order valence-corrected chi connectivity index (χ1v) is 6.30. The van der Waals surface area contributed by atoms with Crippen molar-refractivity contribution in [2.75, 3.05) is 17.7 Å². The van der Waals surface area contributed by atoms with Gasteiger partial charge < -0.3 is 10.6 Å². The molecule has 0 spiro atoms. The molecule has 0 aliphatic rings. The first kappa shape index (κ1) is 14.1. The average Bonchev–Trinajstić information content (AvgIpc) is 2.39. The van der Waals surface area contributed by atoms with E-state index in [1.807, 2.05) is 32.0 Å². The number of rotatable bonds is 2. The Kier molecular flexibility index (Phi) is 3.74. The highest BCUT2D eigenvalue weighted by Gasteiger charge is 2.18. The van der Waals surface area contributed by atoms with Crippen molar-refractivity contribution in [3.05, 3.63) is 58.9 Å². The normalized spacial score (nSPS) is 10.4. The van der Waals surface area contributed by atoms with E-state index in [-0.39, 0.29) is 17.2 Å². The molecule has 0 heterocycles. The Morgan fingerprint density at radius 1 is 1.15 bits per heavy atom. The van der Waals surface area contributed by atoms with Gasteiger partial charge in [-0.2, -0.15) is 0 Å². The topological polar surface area (TPSA) is 46.3 Å². The fourth-order valence-corrected chi connectivity index (χ4v) is 2.17. The van der Waals surface area contributed by atoms with Crippen molar-refractivity contribution in [2.45, 2.75) is 13.8 Å². The summed E-state index contributed by atoms with van der Waals surface area (Å²) in [5.41, 5.74) is 8.58. The van der Waals surface area contributed by atoms with Crippen LogP contribution in [0.1, 0.15) is 21.5 Å². The number of carbonyl (C=O) groups excluding carboxylic acids is 1. The highest BCUT2D eigenvalue weighted by atomic mass is 19.1. The van der Waals surface area contributed by atoms with Gasteiger partial charge in [-0.15, -0.1) is 0 Å². The molecule has 2 rings (SSSR count). The lowest BCUT2D eigenvalue weighted by Gasteiger charge is -2.19.